The van der Waals surface area contributed by atoms with Crippen molar-refractivity contribution in [3.63, 3.8) is 0 Å². The minimum Gasteiger partial charge on any atom is -0.507 e. The molecule has 0 heterocycles. The average molecular weight is 344 g/mol. The molecule has 0 radical (unpaired) electrons. The molecule has 2 N–H and O–H groups in total. The molecular weight excluding hydrogens is 320 g/mol. The second-order valence-electron chi connectivity index (χ2n) is 5.84. The van der Waals surface area contributed by atoms with E-state index < -0.39 is 6.10 Å². The van der Waals surface area contributed by atoms with Gasteiger partial charge in [-0.1, -0.05) is 37.6 Å². The van der Waals surface area contributed by atoms with Crippen LogP contribution in [0.1, 0.15) is 36.2 Å². The van der Waals surface area contributed by atoms with Crippen LogP contribution in [0.3, 0.4) is 0 Å². The minimum atomic E-state index is -0.864. The third kappa shape index (κ3) is 5.22. The number of carbonyl (C=O) groups is 1. The van der Waals surface area contributed by atoms with Crippen LogP contribution in [-0.2, 0) is 6.42 Å². The number of hydrogen-bond acceptors (Lipinski definition) is 5. The molecule has 0 aliphatic carbocycles. The monoisotopic (exact) mass is 344 g/mol. The maximum absolute atomic E-state index is 11.6. The number of phenolic OH excluding ortho intramolecular Hbond substituents is 1. The van der Waals surface area contributed by atoms with Gasteiger partial charge in [0, 0.05) is 0 Å². The van der Waals surface area contributed by atoms with Crippen LogP contribution in [0.15, 0.2) is 42.5 Å². The summed E-state index contributed by atoms with van der Waals surface area (Å²) in [5, 5.41) is 19.9. The molecule has 0 saturated carbocycles. The molecule has 2 aromatic rings. The Morgan fingerprint density at radius 3 is 2.36 bits per heavy atom. The molecule has 0 aliphatic heterocycles. The van der Waals surface area contributed by atoms with E-state index in [2.05, 4.69) is 6.92 Å². The molecule has 5 heteroatoms. The fourth-order valence-corrected chi connectivity index (χ4v) is 2.53. The number of hydrogen-bond donors (Lipinski definition) is 2. The Hall–Kier alpha value is -2.53. The fourth-order valence-electron chi connectivity index (χ4n) is 2.53. The Kier molecular flexibility index (Phi) is 6.83. The molecule has 0 aliphatic rings. The second-order valence-corrected chi connectivity index (χ2v) is 5.84. The Bertz CT molecular complexity index is 711. The molecule has 1 atom stereocenters. The molecule has 2 rings (SSSR count). The molecule has 2 aromatic carbocycles. The highest BCUT2D eigenvalue weighted by Gasteiger charge is 2.15. The lowest BCUT2D eigenvalue weighted by Gasteiger charge is -2.16. The number of aromatic hydroxyl groups is 1. The minimum absolute atomic E-state index is 0.0420. The van der Waals surface area contributed by atoms with E-state index in [0.29, 0.717) is 0 Å². The largest absolute Gasteiger partial charge is 0.507 e. The normalized spacial score (nSPS) is 11.8. The lowest BCUT2D eigenvalue weighted by molar-refractivity contribution is 0.0616. The molecule has 0 spiro atoms. The summed E-state index contributed by atoms with van der Waals surface area (Å²) in [7, 11) is 0. The molecule has 0 saturated heterocycles. The van der Waals surface area contributed by atoms with Crippen LogP contribution >= 0.6 is 0 Å². The van der Waals surface area contributed by atoms with Crippen molar-refractivity contribution in [3.8, 4) is 17.2 Å². The van der Waals surface area contributed by atoms with Gasteiger partial charge in [-0.3, -0.25) is 4.79 Å². The van der Waals surface area contributed by atoms with Crippen molar-refractivity contribution in [2.75, 3.05) is 13.2 Å². The van der Waals surface area contributed by atoms with Gasteiger partial charge in [0.15, 0.2) is 5.78 Å². The summed E-state index contributed by atoms with van der Waals surface area (Å²) >= 11 is 0. The first-order chi connectivity index (χ1) is 12.0. The van der Waals surface area contributed by atoms with Crippen LogP contribution in [-0.4, -0.2) is 35.3 Å². The Morgan fingerprint density at radius 1 is 1.04 bits per heavy atom. The number of aliphatic hydroxyl groups excluding tert-OH is 1. The van der Waals surface area contributed by atoms with Crippen molar-refractivity contribution in [1.82, 2.24) is 0 Å². The zero-order chi connectivity index (χ0) is 18.2. The number of Topliss-reactive ketones (excluding diaryl/α,β-unsaturated/α-hetero) is 1. The number of ether oxygens (including phenoxy) is 2. The number of aliphatic hydroxyl groups is 1. The average Bonchev–Trinajstić information content (AvgIpc) is 2.59. The third-order valence-corrected chi connectivity index (χ3v) is 3.71. The van der Waals surface area contributed by atoms with E-state index in [0.717, 1.165) is 24.2 Å². The lowest BCUT2D eigenvalue weighted by Crippen LogP contribution is -2.25. The van der Waals surface area contributed by atoms with E-state index in [1.54, 1.807) is 12.1 Å². The summed E-state index contributed by atoms with van der Waals surface area (Å²) in [5.74, 6) is 0.569. The van der Waals surface area contributed by atoms with Crippen LogP contribution in [0.4, 0.5) is 0 Å². The van der Waals surface area contributed by atoms with Gasteiger partial charge in [0.05, 0.1) is 0 Å². The van der Waals surface area contributed by atoms with E-state index in [1.165, 1.54) is 13.0 Å². The highest BCUT2D eigenvalue weighted by atomic mass is 16.5. The summed E-state index contributed by atoms with van der Waals surface area (Å²) in [5.41, 5.74) is 1.22. The van der Waals surface area contributed by atoms with Gasteiger partial charge in [0.2, 0.25) is 0 Å². The highest BCUT2D eigenvalue weighted by molar-refractivity contribution is 5.99. The number of rotatable bonds is 9. The number of benzene rings is 2. The Balaban J connectivity index is 1.93. The Morgan fingerprint density at radius 2 is 1.68 bits per heavy atom. The number of carbonyl (C=O) groups excluding carboxylic acids is 1. The van der Waals surface area contributed by atoms with Gasteiger partial charge in [-0.15, -0.1) is 0 Å². The molecule has 0 aromatic heterocycles. The van der Waals surface area contributed by atoms with Gasteiger partial charge >= 0.3 is 0 Å². The van der Waals surface area contributed by atoms with Gasteiger partial charge < -0.3 is 19.7 Å². The predicted molar refractivity (Wildman–Crippen MR) is 95.5 cm³/mol. The van der Waals surface area contributed by atoms with Crippen molar-refractivity contribution < 1.29 is 24.5 Å². The Labute approximate surface area is 147 Å². The van der Waals surface area contributed by atoms with Crippen LogP contribution in [0.5, 0.6) is 17.2 Å². The molecule has 134 valence electrons. The van der Waals surface area contributed by atoms with Crippen molar-refractivity contribution in [2.24, 2.45) is 0 Å². The van der Waals surface area contributed by atoms with Crippen molar-refractivity contribution >= 4 is 5.78 Å². The van der Waals surface area contributed by atoms with E-state index in [4.69, 9.17) is 9.47 Å². The maximum Gasteiger partial charge on any atom is 0.167 e. The first-order valence-electron chi connectivity index (χ1n) is 8.37. The van der Waals surface area contributed by atoms with Crippen molar-refractivity contribution in [1.29, 1.82) is 0 Å². The predicted octanol–water partition coefficient (Wildman–Crippen LogP) is 3.37. The first kappa shape index (κ1) is 18.8. The van der Waals surface area contributed by atoms with Gasteiger partial charge in [-0.25, -0.2) is 0 Å². The van der Waals surface area contributed by atoms with E-state index >= 15 is 0 Å². The standard InChI is InChI=1S/C20H24O5/c1-3-7-15-8-4-5-10-18(15)24-12-16(22)13-25-19-11-6-9-17(23)20(19)14(2)21/h4-6,8-11,16,22-23H,3,7,12-13H2,1-2H3. The van der Waals surface area contributed by atoms with Crippen LogP contribution in [0, 0.1) is 0 Å². The molecule has 0 bridgehead atoms. The number of aryl methyl sites for hydroxylation is 1. The molecule has 0 fully saturated rings. The summed E-state index contributed by atoms with van der Waals surface area (Å²) in [6.07, 6.45) is 1.06. The van der Waals surface area contributed by atoms with Crippen LogP contribution < -0.4 is 9.47 Å². The quantitative estimate of drug-likeness (QED) is 0.682. The second kappa shape index (κ2) is 9.08. The maximum atomic E-state index is 11.6. The van der Waals surface area contributed by atoms with Gasteiger partial charge in [-0.2, -0.15) is 0 Å². The van der Waals surface area contributed by atoms with E-state index in [-0.39, 0.29) is 36.1 Å². The molecule has 1 unspecified atom stereocenters. The molecule has 5 nitrogen and oxygen atoms in total. The first-order valence-corrected chi connectivity index (χ1v) is 8.37. The number of phenols is 1. The van der Waals surface area contributed by atoms with Gasteiger partial charge in [0.1, 0.15) is 42.1 Å². The zero-order valence-electron chi connectivity index (χ0n) is 14.6. The summed E-state index contributed by atoms with van der Waals surface area (Å²) in [6.45, 7) is 3.49. The summed E-state index contributed by atoms with van der Waals surface area (Å²) in [4.78, 5) is 11.6. The van der Waals surface area contributed by atoms with E-state index in [1.807, 2.05) is 24.3 Å². The fraction of sp³-hybridized carbons (Fsp3) is 0.350. The van der Waals surface area contributed by atoms with Crippen molar-refractivity contribution in [3.05, 3.63) is 53.6 Å². The third-order valence-electron chi connectivity index (χ3n) is 3.71. The van der Waals surface area contributed by atoms with Gasteiger partial charge in [-0.05, 0) is 37.1 Å². The zero-order valence-corrected chi connectivity index (χ0v) is 14.6. The smallest absolute Gasteiger partial charge is 0.167 e. The lowest BCUT2D eigenvalue weighted by atomic mass is 10.1. The van der Waals surface area contributed by atoms with Crippen LogP contribution in [0.25, 0.3) is 0 Å². The summed E-state index contributed by atoms with van der Waals surface area (Å²) in [6, 6.07) is 12.3. The highest BCUT2D eigenvalue weighted by Crippen LogP contribution is 2.28. The topological polar surface area (TPSA) is 76.0 Å². The molecular formula is C20H24O5. The molecule has 25 heavy (non-hydrogen) atoms. The number of para-hydroxylation sites is 1. The van der Waals surface area contributed by atoms with Crippen LogP contribution in [0.2, 0.25) is 0 Å². The summed E-state index contributed by atoms with van der Waals surface area (Å²) < 4.78 is 11.2. The van der Waals surface area contributed by atoms with E-state index in [9.17, 15) is 15.0 Å². The SMILES string of the molecule is CCCc1ccccc1OCC(O)COc1cccc(O)c1C(C)=O. The van der Waals surface area contributed by atoms with Gasteiger partial charge in [0.25, 0.3) is 0 Å². The van der Waals surface area contributed by atoms with Crippen molar-refractivity contribution in [2.45, 2.75) is 32.8 Å². The number of ketones is 1. The molecule has 0 amide bonds.